The van der Waals surface area contributed by atoms with Crippen molar-refractivity contribution in [1.82, 2.24) is 0 Å². The first kappa shape index (κ1) is 15.9. The van der Waals surface area contributed by atoms with E-state index >= 15 is 0 Å². The van der Waals surface area contributed by atoms with Gasteiger partial charge in [0.2, 0.25) is 0 Å². The van der Waals surface area contributed by atoms with E-state index in [1.54, 1.807) is 7.11 Å². The van der Waals surface area contributed by atoms with Gasteiger partial charge in [0.25, 0.3) is 0 Å². The summed E-state index contributed by atoms with van der Waals surface area (Å²) in [5.41, 5.74) is 7.21. The second-order valence-corrected chi connectivity index (χ2v) is 5.33. The Morgan fingerprint density at radius 3 is 2.47 bits per heavy atom. The number of nitrogens with two attached hydrogens (primary N) is 1. The highest BCUT2D eigenvalue weighted by Gasteiger charge is 2.14. The van der Waals surface area contributed by atoms with Crippen molar-refractivity contribution >= 4 is 5.69 Å². The Bertz CT molecular complexity index is 394. The molecule has 0 aliphatic rings. The lowest BCUT2D eigenvalue weighted by molar-refractivity contribution is 0.204. The molecule has 0 heterocycles. The molecule has 0 bridgehead atoms. The molecule has 1 unspecified atom stereocenters. The second kappa shape index (κ2) is 7.46. The fraction of sp³-hybridized carbons (Fsp3) is 0.600. The Labute approximate surface area is 115 Å². The van der Waals surface area contributed by atoms with Crippen LogP contribution in [0.1, 0.15) is 32.4 Å². The van der Waals surface area contributed by atoms with Crippen molar-refractivity contribution in [2.24, 2.45) is 11.7 Å². The van der Waals surface area contributed by atoms with E-state index in [4.69, 9.17) is 10.5 Å². The summed E-state index contributed by atoms with van der Waals surface area (Å²) in [6, 6.07) is 5.08. The lowest BCUT2D eigenvalue weighted by atomic mass is 10.1. The van der Waals surface area contributed by atoms with Crippen LogP contribution in [0.5, 0.6) is 0 Å². The molecule has 4 heteroatoms. The van der Waals surface area contributed by atoms with E-state index in [9.17, 15) is 4.39 Å². The summed E-state index contributed by atoms with van der Waals surface area (Å²) in [4.78, 5) is 2.02. The Hall–Kier alpha value is -1.13. The number of rotatable bonds is 7. The van der Waals surface area contributed by atoms with Crippen molar-refractivity contribution in [1.29, 1.82) is 0 Å². The summed E-state index contributed by atoms with van der Waals surface area (Å²) in [6.07, 6.45) is 0. The number of methoxy groups -OCH3 is 1. The molecular weight excluding hydrogens is 243 g/mol. The van der Waals surface area contributed by atoms with Crippen molar-refractivity contribution < 1.29 is 9.13 Å². The van der Waals surface area contributed by atoms with Gasteiger partial charge in [-0.1, -0.05) is 19.9 Å². The van der Waals surface area contributed by atoms with Crippen molar-refractivity contribution in [2.45, 2.75) is 26.8 Å². The third-order valence-electron chi connectivity index (χ3n) is 2.99. The molecule has 0 saturated carbocycles. The Morgan fingerprint density at radius 1 is 1.32 bits per heavy atom. The van der Waals surface area contributed by atoms with E-state index in [-0.39, 0.29) is 11.9 Å². The number of anilines is 1. The first-order valence-electron chi connectivity index (χ1n) is 6.74. The third kappa shape index (κ3) is 4.80. The van der Waals surface area contributed by atoms with Crippen molar-refractivity contribution in [2.75, 3.05) is 31.7 Å². The molecule has 0 aromatic heterocycles. The van der Waals surface area contributed by atoms with Crippen LogP contribution >= 0.6 is 0 Å². The van der Waals surface area contributed by atoms with E-state index in [1.807, 2.05) is 24.0 Å². The lowest BCUT2D eigenvalue weighted by Gasteiger charge is -2.27. The maximum Gasteiger partial charge on any atom is 0.146 e. The molecular formula is C15H25FN2O. The Kier molecular flexibility index (Phi) is 6.25. The zero-order chi connectivity index (χ0) is 14.4. The molecule has 0 aliphatic heterocycles. The summed E-state index contributed by atoms with van der Waals surface area (Å²) < 4.78 is 19.3. The van der Waals surface area contributed by atoms with Crippen LogP contribution in [0.25, 0.3) is 0 Å². The molecule has 0 radical (unpaired) electrons. The molecule has 0 fully saturated rings. The largest absolute Gasteiger partial charge is 0.383 e. The molecule has 1 aromatic carbocycles. The van der Waals surface area contributed by atoms with Gasteiger partial charge >= 0.3 is 0 Å². The minimum Gasteiger partial charge on any atom is -0.383 e. The summed E-state index contributed by atoms with van der Waals surface area (Å²) in [5, 5.41) is 0. The number of hydrogen-bond acceptors (Lipinski definition) is 3. The highest BCUT2D eigenvalue weighted by atomic mass is 19.1. The predicted molar refractivity (Wildman–Crippen MR) is 77.9 cm³/mol. The fourth-order valence-corrected chi connectivity index (χ4v) is 2.02. The SMILES string of the molecule is COCCN(CC(C)C)c1ccc(C(C)N)cc1F. The van der Waals surface area contributed by atoms with Crippen LogP contribution in [-0.2, 0) is 4.74 Å². The lowest BCUT2D eigenvalue weighted by Crippen LogP contribution is -2.31. The van der Waals surface area contributed by atoms with E-state index in [0.29, 0.717) is 24.8 Å². The van der Waals surface area contributed by atoms with Crippen LogP contribution in [0.4, 0.5) is 10.1 Å². The Morgan fingerprint density at radius 2 is 2.00 bits per heavy atom. The molecule has 0 saturated heterocycles. The van der Waals surface area contributed by atoms with Gasteiger partial charge in [-0.15, -0.1) is 0 Å². The zero-order valence-electron chi connectivity index (χ0n) is 12.3. The minimum absolute atomic E-state index is 0.152. The quantitative estimate of drug-likeness (QED) is 0.826. The number of ether oxygens (including phenoxy) is 1. The molecule has 108 valence electrons. The molecule has 0 aliphatic carbocycles. The van der Waals surface area contributed by atoms with E-state index in [2.05, 4.69) is 13.8 Å². The monoisotopic (exact) mass is 268 g/mol. The second-order valence-electron chi connectivity index (χ2n) is 5.33. The summed E-state index contributed by atoms with van der Waals surface area (Å²) in [6.45, 7) is 8.16. The standard InChI is InChI=1S/C15H25FN2O/c1-11(2)10-18(7-8-19-4)15-6-5-13(12(3)17)9-14(15)16/h5-6,9,11-12H,7-8,10,17H2,1-4H3. The highest BCUT2D eigenvalue weighted by Crippen LogP contribution is 2.23. The molecule has 1 atom stereocenters. The van der Waals surface area contributed by atoms with Crippen LogP contribution in [0, 0.1) is 11.7 Å². The smallest absolute Gasteiger partial charge is 0.146 e. The van der Waals surface area contributed by atoms with Gasteiger partial charge in [-0.2, -0.15) is 0 Å². The molecule has 1 rings (SSSR count). The number of halogens is 1. The predicted octanol–water partition coefficient (Wildman–Crippen LogP) is 2.95. The number of nitrogens with zero attached hydrogens (tertiary/aromatic N) is 1. The Balaban J connectivity index is 2.94. The molecule has 19 heavy (non-hydrogen) atoms. The molecule has 0 spiro atoms. The van der Waals surface area contributed by atoms with Crippen LogP contribution in [0.15, 0.2) is 18.2 Å². The van der Waals surface area contributed by atoms with Crippen LogP contribution in [-0.4, -0.2) is 26.8 Å². The average molecular weight is 268 g/mol. The normalized spacial score (nSPS) is 12.8. The van der Waals surface area contributed by atoms with Crippen LogP contribution < -0.4 is 10.6 Å². The number of benzene rings is 1. The number of hydrogen-bond donors (Lipinski definition) is 1. The zero-order valence-corrected chi connectivity index (χ0v) is 12.3. The van der Waals surface area contributed by atoms with Gasteiger partial charge in [-0.3, -0.25) is 0 Å². The van der Waals surface area contributed by atoms with Crippen molar-refractivity contribution in [3.8, 4) is 0 Å². The third-order valence-corrected chi connectivity index (χ3v) is 2.99. The summed E-state index contributed by atoms with van der Waals surface area (Å²) in [5.74, 6) is 0.246. The van der Waals surface area contributed by atoms with Gasteiger partial charge in [0.05, 0.1) is 12.3 Å². The molecule has 0 amide bonds. The minimum atomic E-state index is -0.216. The van der Waals surface area contributed by atoms with Gasteiger partial charge in [0.1, 0.15) is 5.82 Å². The molecule has 2 N–H and O–H groups in total. The first-order valence-corrected chi connectivity index (χ1v) is 6.74. The van der Waals surface area contributed by atoms with Gasteiger partial charge in [-0.25, -0.2) is 4.39 Å². The van der Waals surface area contributed by atoms with E-state index in [1.165, 1.54) is 6.07 Å². The van der Waals surface area contributed by atoms with Gasteiger partial charge in [0.15, 0.2) is 0 Å². The maximum atomic E-state index is 14.2. The fourth-order valence-electron chi connectivity index (χ4n) is 2.02. The van der Waals surface area contributed by atoms with Crippen molar-refractivity contribution in [3.05, 3.63) is 29.6 Å². The van der Waals surface area contributed by atoms with Crippen LogP contribution in [0.3, 0.4) is 0 Å². The van der Waals surface area contributed by atoms with Crippen LogP contribution in [0.2, 0.25) is 0 Å². The van der Waals surface area contributed by atoms with Gasteiger partial charge in [-0.05, 0) is 30.5 Å². The first-order chi connectivity index (χ1) is 8.95. The molecule has 3 nitrogen and oxygen atoms in total. The van der Waals surface area contributed by atoms with Gasteiger partial charge < -0.3 is 15.4 Å². The summed E-state index contributed by atoms with van der Waals surface area (Å²) in [7, 11) is 1.66. The topological polar surface area (TPSA) is 38.5 Å². The average Bonchev–Trinajstić information content (AvgIpc) is 2.34. The maximum absolute atomic E-state index is 14.2. The van der Waals surface area contributed by atoms with E-state index < -0.39 is 0 Å². The highest BCUT2D eigenvalue weighted by molar-refractivity contribution is 5.49. The van der Waals surface area contributed by atoms with Crippen molar-refractivity contribution in [3.63, 3.8) is 0 Å². The molecule has 1 aromatic rings. The summed E-state index contributed by atoms with van der Waals surface area (Å²) >= 11 is 0. The van der Waals surface area contributed by atoms with E-state index in [0.717, 1.165) is 12.1 Å². The van der Waals surface area contributed by atoms with Gasteiger partial charge in [0, 0.05) is 26.2 Å².